The van der Waals surface area contributed by atoms with Gasteiger partial charge in [0.25, 0.3) is 0 Å². The van der Waals surface area contributed by atoms with E-state index in [2.05, 4.69) is 49.5 Å². The van der Waals surface area contributed by atoms with Gasteiger partial charge < -0.3 is 21.0 Å². The monoisotopic (exact) mass is 285 g/mol. The summed E-state index contributed by atoms with van der Waals surface area (Å²) < 4.78 is 0. The predicted octanol–water partition coefficient (Wildman–Crippen LogP) is 0.671. The van der Waals surface area contributed by atoms with Crippen LogP contribution in [-0.2, 0) is 0 Å². The highest BCUT2D eigenvalue weighted by Crippen LogP contribution is 2.21. The number of hydrogen-bond donors (Lipinski definition) is 3. The number of aromatic nitrogens is 2. The molecular formula is C14H19N7. The summed E-state index contributed by atoms with van der Waals surface area (Å²) in [7, 11) is 0. The lowest BCUT2D eigenvalue weighted by molar-refractivity contribution is 0.647. The van der Waals surface area contributed by atoms with Gasteiger partial charge in [-0.3, -0.25) is 0 Å². The molecule has 0 aliphatic carbocycles. The van der Waals surface area contributed by atoms with Gasteiger partial charge in [0.2, 0.25) is 5.95 Å². The first kappa shape index (κ1) is 13.4. The van der Waals surface area contributed by atoms with Crippen molar-refractivity contribution in [2.24, 2.45) is 5.84 Å². The Kier molecular flexibility index (Phi) is 3.74. The molecule has 0 radical (unpaired) electrons. The second-order valence-electron chi connectivity index (χ2n) is 4.92. The second kappa shape index (κ2) is 5.84. The lowest BCUT2D eigenvalue weighted by Gasteiger charge is -2.36. The zero-order valence-electron chi connectivity index (χ0n) is 11.7. The Hall–Kier alpha value is -2.54. The molecule has 0 atom stereocenters. The maximum atomic E-state index is 5.71. The van der Waals surface area contributed by atoms with Crippen LogP contribution in [0.25, 0.3) is 0 Å². The average molecular weight is 285 g/mol. The number of rotatable bonds is 3. The fraction of sp³-hybridized carbons (Fsp3) is 0.286. The minimum absolute atomic E-state index is 0.228. The molecule has 0 saturated carbocycles. The summed E-state index contributed by atoms with van der Waals surface area (Å²) in [6.45, 7) is 3.66. The van der Waals surface area contributed by atoms with Gasteiger partial charge in [-0.1, -0.05) is 18.2 Å². The Morgan fingerprint density at radius 1 is 0.952 bits per heavy atom. The Bertz CT molecular complexity index is 594. The second-order valence-corrected chi connectivity index (χ2v) is 4.92. The van der Waals surface area contributed by atoms with E-state index in [4.69, 9.17) is 11.6 Å². The molecule has 1 aliphatic rings. The molecule has 21 heavy (non-hydrogen) atoms. The fourth-order valence-electron chi connectivity index (χ4n) is 2.52. The van der Waals surface area contributed by atoms with Gasteiger partial charge in [-0.15, -0.1) is 0 Å². The topological polar surface area (TPSA) is 96.3 Å². The quantitative estimate of drug-likeness (QED) is 0.563. The van der Waals surface area contributed by atoms with Crippen molar-refractivity contribution in [3.8, 4) is 0 Å². The fourth-order valence-corrected chi connectivity index (χ4v) is 2.52. The summed E-state index contributed by atoms with van der Waals surface area (Å²) in [6.07, 6.45) is 0. The standard InChI is InChI=1S/C14H19N7/c15-14-17-12(19-16)10-13(18-14)21-8-6-20(7-9-21)11-4-2-1-3-5-11/h1-5,10H,6-9,16H2,(H3,15,17,18,19). The Labute approximate surface area is 123 Å². The molecule has 1 aliphatic heterocycles. The van der Waals surface area contributed by atoms with Crippen molar-refractivity contribution < 1.29 is 0 Å². The predicted molar refractivity (Wildman–Crippen MR) is 85.1 cm³/mol. The molecule has 1 aromatic carbocycles. The number of para-hydroxylation sites is 1. The van der Waals surface area contributed by atoms with Crippen LogP contribution in [0.2, 0.25) is 0 Å². The Morgan fingerprint density at radius 2 is 1.62 bits per heavy atom. The smallest absolute Gasteiger partial charge is 0.223 e. The van der Waals surface area contributed by atoms with Crippen LogP contribution < -0.4 is 26.8 Å². The van der Waals surface area contributed by atoms with Gasteiger partial charge in [0.15, 0.2) is 0 Å². The van der Waals surface area contributed by atoms with Crippen molar-refractivity contribution in [3.63, 3.8) is 0 Å². The maximum Gasteiger partial charge on any atom is 0.223 e. The third kappa shape index (κ3) is 2.97. The molecule has 7 nitrogen and oxygen atoms in total. The normalized spacial score (nSPS) is 15.1. The van der Waals surface area contributed by atoms with E-state index in [0.29, 0.717) is 5.82 Å². The minimum Gasteiger partial charge on any atom is -0.368 e. The summed E-state index contributed by atoms with van der Waals surface area (Å²) >= 11 is 0. The van der Waals surface area contributed by atoms with Crippen LogP contribution in [0.1, 0.15) is 0 Å². The van der Waals surface area contributed by atoms with Gasteiger partial charge in [-0.2, -0.15) is 9.97 Å². The van der Waals surface area contributed by atoms with Crippen LogP contribution in [0.5, 0.6) is 0 Å². The molecule has 0 bridgehead atoms. The zero-order valence-corrected chi connectivity index (χ0v) is 11.7. The number of nitrogens with zero attached hydrogens (tertiary/aromatic N) is 4. The molecule has 2 heterocycles. The third-order valence-corrected chi connectivity index (χ3v) is 3.60. The van der Waals surface area contributed by atoms with Gasteiger partial charge in [0.05, 0.1) is 0 Å². The number of nitrogens with two attached hydrogens (primary N) is 2. The van der Waals surface area contributed by atoms with Crippen molar-refractivity contribution in [2.75, 3.05) is 47.1 Å². The van der Waals surface area contributed by atoms with E-state index in [1.54, 1.807) is 0 Å². The largest absolute Gasteiger partial charge is 0.368 e. The van der Waals surface area contributed by atoms with Gasteiger partial charge >= 0.3 is 0 Å². The summed E-state index contributed by atoms with van der Waals surface area (Å²) in [5.41, 5.74) is 9.47. The number of anilines is 4. The van der Waals surface area contributed by atoms with E-state index in [9.17, 15) is 0 Å². The molecule has 7 heteroatoms. The minimum atomic E-state index is 0.228. The number of benzene rings is 1. The number of nitrogen functional groups attached to an aromatic ring is 2. The zero-order chi connectivity index (χ0) is 14.7. The highest BCUT2D eigenvalue weighted by Gasteiger charge is 2.19. The molecule has 3 rings (SSSR count). The first-order valence-electron chi connectivity index (χ1n) is 6.92. The third-order valence-electron chi connectivity index (χ3n) is 3.60. The SMILES string of the molecule is NNc1cc(N2CCN(c3ccccc3)CC2)nc(N)n1. The van der Waals surface area contributed by atoms with Crippen molar-refractivity contribution in [2.45, 2.75) is 0 Å². The highest BCUT2D eigenvalue weighted by atomic mass is 15.3. The summed E-state index contributed by atoms with van der Waals surface area (Å²) in [6, 6.07) is 12.2. The van der Waals surface area contributed by atoms with E-state index in [1.807, 2.05) is 12.1 Å². The molecule has 1 aromatic heterocycles. The lowest BCUT2D eigenvalue weighted by atomic mass is 10.2. The van der Waals surface area contributed by atoms with Crippen LogP contribution >= 0.6 is 0 Å². The summed E-state index contributed by atoms with van der Waals surface area (Å²) in [5, 5.41) is 0. The molecule has 110 valence electrons. The number of piperazine rings is 1. The van der Waals surface area contributed by atoms with E-state index < -0.39 is 0 Å². The van der Waals surface area contributed by atoms with Crippen LogP contribution in [0, 0.1) is 0 Å². The number of hydrazine groups is 1. The van der Waals surface area contributed by atoms with E-state index in [0.717, 1.165) is 32.0 Å². The molecule has 0 amide bonds. The van der Waals surface area contributed by atoms with Crippen molar-refractivity contribution >= 4 is 23.3 Å². The molecule has 2 aromatic rings. The maximum absolute atomic E-state index is 5.71. The van der Waals surface area contributed by atoms with Gasteiger partial charge in [-0.05, 0) is 12.1 Å². The van der Waals surface area contributed by atoms with Crippen molar-refractivity contribution in [1.29, 1.82) is 0 Å². The van der Waals surface area contributed by atoms with E-state index >= 15 is 0 Å². The molecule has 1 saturated heterocycles. The van der Waals surface area contributed by atoms with Gasteiger partial charge in [0.1, 0.15) is 11.6 Å². The first-order chi connectivity index (χ1) is 10.3. The van der Waals surface area contributed by atoms with Crippen LogP contribution in [0.4, 0.5) is 23.3 Å². The molecule has 5 N–H and O–H groups in total. The number of hydrogen-bond acceptors (Lipinski definition) is 7. The molecular weight excluding hydrogens is 266 g/mol. The van der Waals surface area contributed by atoms with Crippen LogP contribution in [0.3, 0.4) is 0 Å². The Morgan fingerprint density at radius 3 is 2.29 bits per heavy atom. The lowest BCUT2D eigenvalue weighted by Crippen LogP contribution is -2.46. The first-order valence-corrected chi connectivity index (χ1v) is 6.92. The Balaban J connectivity index is 1.70. The average Bonchev–Trinajstić information content (AvgIpc) is 2.55. The van der Waals surface area contributed by atoms with Crippen molar-refractivity contribution in [1.82, 2.24) is 9.97 Å². The van der Waals surface area contributed by atoms with Crippen molar-refractivity contribution in [3.05, 3.63) is 36.4 Å². The molecule has 0 spiro atoms. The van der Waals surface area contributed by atoms with E-state index in [1.165, 1.54) is 5.69 Å². The van der Waals surface area contributed by atoms with Gasteiger partial charge in [-0.25, -0.2) is 5.84 Å². The molecule has 1 fully saturated rings. The van der Waals surface area contributed by atoms with Gasteiger partial charge in [0, 0.05) is 37.9 Å². The number of nitrogens with one attached hydrogen (secondary N) is 1. The van der Waals surface area contributed by atoms with Crippen LogP contribution in [-0.4, -0.2) is 36.1 Å². The summed E-state index contributed by atoms with van der Waals surface area (Å²) in [4.78, 5) is 12.8. The van der Waals surface area contributed by atoms with Crippen LogP contribution in [0.15, 0.2) is 36.4 Å². The summed E-state index contributed by atoms with van der Waals surface area (Å²) in [5.74, 6) is 6.96. The highest BCUT2D eigenvalue weighted by molar-refractivity contribution is 5.54. The molecule has 0 unspecified atom stereocenters. The van der Waals surface area contributed by atoms with E-state index in [-0.39, 0.29) is 5.95 Å².